The van der Waals surface area contributed by atoms with Crippen LogP contribution in [-0.2, 0) is 4.79 Å². The summed E-state index contributed by atoms with van der Waals surface area (Å²) in [5, 5.41) is 13.7. The molecule has 2 N–H and O–H groups in total. The van der Waals surface area contributed by atoms with Crippen molar-refractivity contribution in [1.82, 2.24) is 0 Å². The second-order valence-corrected chi connectivity index (χ2v) is 7.03. The normalized spacial score (nSPS) is 14.8. The van der Waals surface area contributed by atoms with Crippen LogP contribution in [-0.4, -0.2) is 43.6 Å². The molecule has 0 radical (unpaired) electrons. The summed E-state index contributed by atoms with van der Waals surface area (Å²) in [5.41, 5.74) is 4.30. The number of hydrogen-bond acceptors (Lipinski definition) is 4. The summed E-state index contributed by atoms with van der Waals surface area (Å²) in [7, 11) is 0. The lowest BCUT2D eigenvalue weighted by Gasteiger charge is -2.33. The van der Waals surface area contributed by atoms with Gasteiger partial charge in [-0.1, -0.05) is 6.07 Å². The van der Waals surface area contributed by atoms with Gasteiger partial charge in [-0.05, 0) is 49.2 Å². The van der Waals surface area contributed by atoms with Gasteiger partial charge in [0.1, 0.15) is 0 Å². The predicted molar refractivity (Wildman–Crippen MR) is 105 cm³/mol. The van der Waals surface area contributed by atoms with Crippen LogP contribution in [0.1, 0.15) is 11.1 Å². The minimum atomic E-state index is -0.389. The van der Waals surface area contributed by atoms with Gasteiger partial charge < -0.3 is 15.1 Å². The third-order valence-electron chi connectivity index (χ3n) is 5.10. The lowest BCUT2D eigenvalue weighted by Crippen LogP contribution is -3.15. The maximum absolute atomic E-state index is 12.3. The van der Waals surface area contributed by atoms with E-state index in [1.807, 2.05) is 25.1 Å². The number of anilines is 2. The van der Waals surface area contributed by atoms with E-state index in [4.69, 9.17) is 0 Å². The molecule has 0 spiro atoms. The van der Waals surface area contributed by atoms with Gasteiger partial charge in [0.15, 0.2) is 6.54 Å². The molecule has 1 saturated heterocycles. The Hall–Kier alpha value is -2.93. The van der Waals surface area contributed by atoms with Crippen LogP contribution in [0, 0.1) is 24.0 Å². The highest BCUT2D eigenvalue weighted by Crippen LogP contribution is 2.19. The summed E-state index contributed by atoms with van der Waals surface area (Å²) in [4.78, 5) is 26.1. The van der Waals surface area contributed by atoms with Crippen LogP contribution in [0.25, 0.3) is 0 Å². The van der Waals surface area contributed by atoms with Crippen molar-refractivity contribution < 1.29 is 14.6 Å². The van der Waals surface area contributed by atoms with E-state index in [1.54, 1.807) is 12.1 Å². The third kappa shape index (κ3) is 4.83. The molecule has 1 amide bonds. The van der Waals surface area contributed by atoms with Gasteiger partial charge in [-0.3, -0.25) is 14.9 Å². The van der Waals surface area contributed by atoms with E-state index in [-0.39, 0.29) is 16.5 Å². The van der Waals surface area contributed by atoms with E-state index in [2.05, 4.69) is 17.1 Å². The molecular weight excluding hydrogens is 344 g/mol. The van der Waals surface area contributed by atoms with Gasteiger partial charge in [-0.25, -0.2) is 0 Å². The molecule has 0 unspecified atom stereocenters. The molecule has 0 aliphatic carbocycles. The number of amides is 1. The fourth-order valence-corrected chi connectivity index (χ4v) is 3.29. The number of nitro groups is 1. The average molecular weight is 369 g/mol. The first kappa shape index (κ1) is 18.8. The van der Waals surface area contributed by atoms with E-state index >= 15 is 0 Å². The van der Waals surface area contributed by atoms with Crippen LogP contribution in [0.15, 0.2) is 42.5 Å². The van der Waals surface area contributed by atoms with Gasteiger partial charge in [0.25, 0.3) is 11.6 Å². The molecule has 1 fully saturated rings. The fraction of sp³-hybridized carbons (Fsp3) is 0.350. The zero-order chi connectivity index (χ0) is 19.4. The molecule has 142 valence electrons. The minimum Gasteiger partial charge on any atom is -0.360 e. The average Bonchev–Trinajstić information content (AvgIpc) is 2.65. The topological polar surface area (TPSA) is 79.9 Å². The van der Waals surface area contributed by atoms with Gasteiger partial charge in [-0.2, -0.15) is 0 Å². The second-order valence-electron chi connectivity index (χ2n) is 7.03. The molecule has 1 aliphatic heterocycles. The Morgan fingerprint density at radius 2 is 1.78 bits per heavy atom. The van der Waals surface area contributed by atoms with Crippen LogP contribution in [0.2, 0.25) is 0 Å². The Bertz CT molecular complexity index is 828. The number of aryl methyl sites for hydroxylation is 2. The molecule has 2 aromatic rings. The summed E-state index contributed by atoms with van der Waals surface area (Å²) >= 11 is 0. The van der Waals surface area contributed by atoms with Gasteiger partial charge in [0.2, 0.25) is 0 Å². The van der Waals surface area contributed by atoms with Crippen LogP contribution in [0.3, 0.4) is 0 Å². The first-order chi connectivity index (χ1) is 12.9. The van der Waals surface area contributed by atoms with Gasteiger partial charge in [0, 0.05) is 23.5 Å². The maximum Gasteiger partial charge on any atom is 0.279 e. The van der Waals surface area contributed by atoms with Gasteiger partial charge >= 0.3 is 0 Å². The summed E-state index contributed by atoms with van der Waals surface area (Å²) in [5.74, 6) is 0.0250. The first-order valence-electron chi connectivity index (χ1n) is 9.12. The standard InChI is InChI=1S/C20H24N4O3/c1-15-3-4-17(13-16(15)2)21-20(25)14-22-9-11-23(12-10-22)18-5-7-19(8-6-18)24(26)27/h3-8,13H,9-12,14H2,1-2H3,(H,21,25)/p+1. The van der Waals surface area contributed by atoms with Crippen molar-refractivity contribution in [3.63, 3.8) is 0 Å². The molecule has 0 atom stereocenters. The van der Waals surface area contributed by atoms with Gasteiger partial charge in [0.05, 0.1) is 31.1 Å². The Balaban J connectivity index is 1.49. The first-order valence-corrected chi connectivity index (χ1v) is 9.12. The number of rotatable bonds is 5. The minimum absolute atomic E-state index is 0.0250. The molecular formula is C20H25N4O3+. The van der Waals surface area contributed by atoms with Gasteiger partial charge in [-0.15, -0.1) is 0 Å². The second kappa shape index (κ2) is 8.18. The van der Waals surface area contributed by atoms with E-state index in [9.17, 15) is 14.9 Å². The molecule has 3 rings (SSSR count). The lowest BCUT2D eigenvalue weighted by molar-refractivity contribution is -0.892. The summed E-state index contributed by atoms with van der Waals surface area (Å²) < 4.78 is 0. The molecule has 7 nitrogen and oxygen atoms in total. The van der Waals surface area contributed by atoms with Crippen molar-refractivity contribution in [3.8, 4) is 0 Å². The van der Waals surface area contributed by atoms with Crippen LogP contribution in [0.4, 0.5) is 17.1 Å². The summed E-state index contributed by atoms with van der Waals surface area (Å²) in [6, 6.07) is 12.6. The lowest BCUT2D eigenvalue weighted by atomic mass is 10.1. The number of carbonyl (C=O) groups is 1. The molecule has 0 saturated carbocycles. The van der Waals surface area contributed by atoms with Crippen molar-refractivity contribution in [2.75, 3.05) is 42.9 Å². The van der Waals surface area contributed by atoms with Crippen LogP contribution in [0.5, 0.6) is 0 Å². The Morgan fingerprint density at radius 3 is 2.37 bits per heavy atom. The zero-order valence-electron chi connectivity index (χ0n) is 15.7. The quantitative estimate of drug-likeness (QED) is 0.619. The number of non-ortho nitro benzene ring substituents is 1. The molecule has 2 aromatic carbocycles. The fourth-order valence-electron chi connectivity index (χ4n) is 3.29. The van der Waals surface area contributed by atoms with E-state index in [0.29, 0.717) is 6.54 Å². The Kier molecular flexibility index (Phi) is 5.71. The van der Waals surface area contributed by atoms with E-state index in [0.717, 1.165) is 43.1 Å². The van der Waals surface area contributed by atoms with Crippen molar-refractivity contribution in [2.24, 2.45) is 0 Å². The summed E-state index contributed by atoms with van der Waals surface area (Å²) in [6.45, 7) is 7.90. The monoisotopic (exact) mass is 369 g/mol. The Labute approximate surface area is 158 Å². The number of piperazine rings is 1. The van der Waals surface area contributed by atoms with Crippen molar-refractivity contribution in [2.45, 2.75) is 13.8 Å². The van der Waals surface area contributed by atoms with Crippen molar-refractivity contribution in [1.29, 1.82) is 0 Å². The molecule has 1 aliphatic rings. The summed E-state index contributed by atoms with van der Waals surface area (Å²) in [6.07, 6.45) is 0. The maximum atomic E-state index is 12.3. The van der Waals surface area contributed by atoms with E-state index < -0.39 is 0 Å². The van der Waals surface area contributed by atoms with Crippen LogP contribution >= 0.6 is 0 Å². The number of quaternary nitrogens is 1. The van der Waals surface area contributed by atoms with E-state index in [1.165, 1.54) is 22.6 Å². The SMILES string of the molecule is Cc1ccc(NC(=O)C[NH+]2CCN(c3ccc([N+](=O)[O-])cc3)CC2)cc1C. The number of hydrogen-bond donors (Lipinski definition) is 2. The van der Waals surface area contributed by atoms with Crippen LogP contribution < -0.4 is 15.1 Å². The largest absolute Gasteiger partial charge is 0.360 e. The zero-order valence-corrected chi connectivity index (χ0v) is 15.7. The molecule has 0 aromatic heterocycles. The molecule has 1 heterocycles. The van der Waals surface area contributed by atoms with Crippen molar-refractivity contribution in [3.05, 3.63) is 63.7 Å². The highest BCUT2D eigenvalue weighted by molar-refractivity contribution is 5.91. The molecule has 0 bridgehead atoms. The number of nitrogens with one attached hydrogen (secondary N) is 2. The Morgan fingerprint density at radius 1 is 1.11 bits per heavy atom. The number of nitrogens with zero attached hydrogens (tertiary/aromatic N) is 2. The molecule has 7 heteroatoms. The highest BCUT2D eigenvalue weighted by atomic mass is 16.6. The van der Waals surface area contributed by atoms with Crippen molar-refractivity contribution >= 4 is 23.0 Å². The predicted octanol–water partition coefficient (Wildman–Crippen LogP) is 1.56. The molecule has 27 heavy (non-hydrogen) atoms. The highest BCUT2D eigenvalue weighted by Gasteiger charge is 2.22. The third-order valence-corrected chi connectivity index (χ3v) is 5.10. The smallest absolute Gasteiger partial charge is 0.279 e. The number of carbonyl (C=O) groups excluding carboxylic acids is 1. The number of benzene rings is 2. The number of nitro benzene ring substituents is 1.